The summed E-state index contributed by atoms with van der Waals surface area (Å²) in [6.45, 7) is 7.93. The topological polar surface area (TPSA) is 35.6 Å². The lowest BCUT2D eigenvalue weighted by molar-refractivity contribution is -0.137. The summed E-state index contributed by atoms with van der Waals surface area (Å²) in [5.41, 5.74) is 2.65. The number of likely N-dealkylation sites (N-methyl/N-ethyl adjacent to an activating group) is 1. The molecule has 1 fully saturated rings. The number of anilines is 1. The first-order valence-corrected chi connectivity index (χ1v) is 11.7. The first kappa shape index (κ1) is 25.2. The molecular weight excluding hydrogens is 427 g/mol. The number of nitrogens with zero attached hydrogens (tertiary/aromatic N) is 2. The second kappa shape index (κ2) is 11.2. The van der Waals surface area contributed by atoms with Crippen LogP contribution < -0.4 is 5.32 Å². The number of carbonyl (C=O) groups excluding carboxylic acids is 1. The van der Waals surface area contributed by atoms with Crippen molar-refractivity contribution in [1.29, 1.82) is 0 Å². The van der Waals surface area contributed by atoms with Crippen LogP contribution in [0, 0.1) is 6.92 Å². The number of nitrogens with one attached hydrogen (secondary N) is 1. The van der Waals surface area contributed by atoms with Gasteiger partial charge < -0.3 is 10.2 Å². The minimum Gasteiger partial charge on any atom is -0.322 e. The Labute approximate surface area is 194 Å². The van der Waals surface area contributed by atoms with Crippen molar-refractivity contribution in [2.24, 2.45) is 0 Å². The second-order valence-corrected chi connectivity index (χ2v) is 9.05. The number of hydrogen-bond acceptors (Lipinski definition) is 3. The molecule has 1 aliphatic rings. The van der Waals surface area contributed by atoms with Crippen molar-refractivity contribution in [1.82, 2.24) is 9.80 Å². The molecule has 180 valence electrons. The summed E-state index contributed by atoms with van der Waals surface area (Å²) in [4.78, 5) is 17.2. The minimum absolute atomic E-state index is 0.170. The number of hydrogen-bond donors (Lipinski definition) is 1. The molecule has 0 spiro atoms. The SMILES string of the molecule is CCCCCc1ccc(C(=O)Nc2cc(CN3CCN(C)CC3)cc(C(F)(F)F)c2)cc1C. The largest absolute Gasteiger partial charge is 0.416 e. The summed E-state index contributed by atoms with van der Waals surface area (Å²) < 4.78 is 40.6. The van der Waals surface area contributed by atoms with Crippen molar-refractivity contribution in [3.63, 3.8) is 0 Å². The van der Waals surface area contributed by atoms with E-state index in [0.717, 1.165) is 63.5 Å². The van der Waals surface area contributed by atoms with Gasteiger partial charge in [-0.2, -0.15) is 13.2 Å². The van der Waals surface area contributed by atoms with Crippen LogP contribution in [0.15, 0.2) is 36.4 Å². The van der Waals surface area contributed by atoms with E-state index in [1.54, 1.807) is 12.1 Å². The first-order valence-electron chi connectivity index (χ1n) is 11.7. The molecule has 0 aliphatic carbocycles. The lowest BCUT2D eigenvalue weighted by Gasteiger charge is -2.32. The number of unbranched alkanes of at least 4 members (excludes halogenated alkanes) is 2. The monoisotopic (exact) mass is 461 g/mol. The van der Waals surface area contributed by atoms with Crippen molar-refractivity contribution in [2.45, 2.75) is 52.3 Å². The van der Waals surface area contributed by atoms with Crippen molar-refractivity contribution in [2.75, 3.05) is 38.5 Å². The Bertz CT molecular complexity index is 950. The van der Waals surface area contributed by atoms with Crippen LogP contribution in [0.2, 0.25) is 0 Å². The first-order chi connectivity index (χ1) is 15.7. The van der Waals surface area contributed by atoms with E-state index in [1.807, 2.05) is 26.1 Å². The summed E-state index contributed by atoms with van der Waals surface area (Å²) >= 11 is 0. The van der Waals surface area contributed by atoms with E-state index in [2.05, 4.69) is 22.0 Å². The lowest BCUT2D eigenvalue weighted by Crippen LogP contribution is -2.43. The highest BCUT2D eigenvalue weighted by atomic mass is 19.4. The normalized spacial score (nSPS) is 15.6. The van der Waals surface area contributed by atoms with Gasteiger partial charge in [0, 0.05) is 44.0 Å². The minimum atomic E-state index is -4.48. The summed E-state index contributed by atoms with van der Waals surface area (Å²) in [7, 11) is 2.04. The zero-order valence-electron chi connectivity index (χ0n) is 19.8. The van der Waals surface area contributed by atoms with Crippen LogP contribution in [-0.2, 0) is 19.1 Å². The van der Waals surface area contributed by atoms with E-state index in [9.17, 15) is 18.0 Å². The number of halogens is 3. The summed E-state index contributed by atoms with van der Waals surface area (Å²) in [5.74, 6) is -0.400. The molecule has 0 unspecified atom stereocenters. The number of amides is 1. The summed E-state index contributed by atoms with van der Waals surface area (Å²) in [6.07, 6.45) is -0.108. The van der Waals surface area contributed by atoms with E-state index >= 15 is 0 Å². The van der Waals surface area contributed by atoms with Gasteiger partial charge in [-0.25, -0.2) is 0 Å². The number of alkyl halides is 3. The fraction of sp³-hybridized carbons (Fsp3) is 0.500. The molecule has 0 aromatic heterocycles. The Hall–Kier alpha value is -2.38. The summed E-state index contributed by atoms with van der Waals surface area (Å²) in [5, 5.41) is 2.69. The molecule has 1 amide bonds. The highest BCUT2D eigenvalue weighted by molar-refractivity contribution is 6.04. The predicted octanol–water partition coefficient (Wildman–Crippen LogP) is 5.75. The van der Waals surface area contributed by atoms with E-state index in [1.165, 1.54) is 11.6 Å². The average Bonchev–Trinajstić information content (AvgIpc) is 2.76. The van der Waals surface area contributed by atoms with E-state index in [0.29, 0.717) is 17.7 Å². The van der Waals surface area contributed by atoms with Crippen LogP contribution in [0.1, 0.15) is 58.8 Å². The van der Waals surface area contributed by atoms with Crippen molar-refractivity contribution in [3.8, 4) is 0 Å². The average molecular weight is 462 g/mol. The Morgan fingerprint density at radius 2 is 1.76 bits per heavy atom. The fourth-order valence-corrected chi connectivity index (χ4v) is 4.17. The maximum absolute atomic E-state index is 13.5. The predicted molar refractivity (Wildman–Crippen MR) is 127 cm³/mol. The van der Waals surface area contributed by atoms with Crippen LogP contribution in [0.3, 0.4) is 0 Å². The smallest absolute Gasteiger partial charge is 0.322 e. The third-order valence-electron chi connectivity index (χ3n) is 6.23. The third-order valence-corrected chi connectivity index (χ3v) is 6.23. The van der Waals surface area contributed by atoms with Crippen molar-refractivity contribution < 1.29 is 18.0 Å². The number of rotatable bonds is 8. The van der Waals surface area contributed by atoms with Gasteiger partial charge in [-0.3, -0.25) is 9.69 Å². The molecule has 0 atom stereocenters. The molecule has 1 heterocycles. The van der Waals surface area contributed by atoms with E-state index in [-0.39, 0.29) is 5.69 Å². The van der Waals surface area contributed by atoms with Gasteiger partial charge in [-0.1, -0.05) is 25.8 Å². The Kier molecular flexibility index (Phi) is 8.54. The zero-order chi connectivity index (χ0) is 24.0. The molecule has 4 nitrogen and oxygen atoms in total. The second-order valence-electron chi connectivity index (χ2n) is 9.05. The van der Waals surface area contributed by atoms with Crippen LogP contribution >= 0.6 is 0 Å². The number of aryl methyl sites for hydroxylation is 2. The number of benzene rings is 2. The quantitative estimate of drug-likeness (QED) is 0.509. The zero-order valence-corrected chi connectivity index (χ0v) is 19.8. The van der Waals surface area contributed by atoms with Crippen LogP contribution in [0.4, 0.5) is 18.9 Å². The van der Waals surface area contributed by atoms with E-state index < -0.39 is 17.6 Å². The maximum Gasteiger partial charge on any atom is 0.416 e. The maximum atomic E-state index is 13.5. The van der Waals surface area contributed by atoms with Crippen LogP contribution in [0.25, 0.3) is 0 Å². The molecule has 7 heteroatoms. The molecule has 0 radical (unpaired) electrons. The van der Waals surface area contributed by atoms with Gasteiger partial charge in [0.05, 0.1) is 5.56 Å². The fourth-order valence-electron chi connectivity index (χ4n) is 4.17. The van der Waals surface area contributed by atoms with Gasteiger partial charge in [-0.15, -0.1) is 0 Å². The third kappa shape index (κ3) is 7.30. The number of piperazine rings is 1. The highest BCUT2D eigenvalue weighted by Gasteiger charge is 2.31. The molecule has 2 aromatic rings. The molecule has 0 bridgehead atoms. The van der Waals surface area contributed by atoms with Gasteiger partial charge in [-0.05, 0) is 73.8 Å². The Morgan fingerprint density at radius 1 is 1.03 bits per heavy atom. The van der Waals surface area contributed by atoms with Gasteiger partial charge >= 0.3 is 6.18 Å². The molecule has 2 aromatic carbocycles. The number of carbonyl (C=O) groups is 1. The lowest BCUT2D eigenvalue weighted by atomic mass is 9.99. The van der Waals surface area contributed by atoms with Gasteiger partial charge in [0.25, 0.3) is 5.91 Å². The summed E-state index contributed by atoms with van der Waals surface area (Å²) in [6, 6.07) is 9.36. The molecule has 0 saturated carbocycles. The Balaban J connectivity index is 1.76. The Morgan fingerprint density at radius 3 is 2.39 bits per heavy atom. The van der Waals surface area contributed by atoms with Gasteiger partial charge in [0.2, 0.25) is 0 Å². The van der Waals surface area contributed by atoms with Crippen LogP contribution in [-0.4, -0.2) is 48.9 Å². The van der Waals surface area contributed by atoms with Gasteiger partial charge in [0.15, 0.2) is 0 Å². The van der Waals surface area contributed by atoms with Gasteiger partial charge in [0.1, 0.15) is 0 Å². The molecule has 1 saturated heterocycles. The molecule has 1 N–H and O–H groups in total. The van der Waals surface area contributed by atoms with E-state index in [4.69, 9.17) is 0 Å². The highest BCUT2D eigenvalue weighted by Crippen LogP contribution is 2.32. The molecule has 1 aliphatic heterocycles. The molecule has 33 heavy (non-hydrogen) atoms. The van der Waals surface area contributed by atoms with Crippen molar-refractivity contribution >= 4 is 11.6 Å². The standard InChI is InChI=1S/C26H34F3N3O/c1-4-5-6-7-21-8-9-22(14-19(21)2)25(33)30-24-16-20(15-23(17-24)26(27,28)29)18-32-12-10-31(3)11-13-32/h8-9,14-17H,4-7,10-13,18H2,1-3H3,(H,30,33). The molecular formula is C26H34F3N3O. The molecule has 3 rings (SSSR count). The van der Waals surface area contributed by atoms with Crippen LogP contribution in [0.5, 0.6) is 0 Å². The van der Waals surface area contributed by atoms with Crippen molar-refractivity contribution in [3.05, 3.63) is 64.2 Å².